The van der Waals surface area contributed by atoms with E-state index in [4.69, 9.17) is 16.1 Å². The smallest absolute Gasteiger partial charge is 0.420 e. The van der Waals surface area contributed by atoms with Crippen LogP contribution in [0.1, 0.15) is 21.8 Å². The molecule has 0 radical (unpaired) electrons. The lowest BCUT2D eigenvalue weighted by Gasteiger charge is -2.07. The zero-order chi connectivity index (χ0) is 19.3. The highest BCUT2D eigenvalue weighted by Gasteiger charge is 2.19. The van der Waals surface area contributed by atoms with E-state index in [0.29, 0.717) is 12.2 Å². The molecule has 0 bridgehead atoms. The average molecular weight is 402 g/mol. The Morgan fingerprint density at radius 1 is 1.27 bits per heavy atom. The van der Waals surface area contributed by atoms with Crippen LogP contribution in [0.4, 0.5) is 4.79 Å². The van der Waals surface area contributed by atoms with Crippen LogP contribution >= 0.6 is 11.6 Å². The second-order valence-corrected chi connectivity index (χ2v) is 7.21. The van der Waals surface area contributed by atoms with E-state index in [1.165, 1.54) is 12.1 Å². The number of methoxy groups -OCH3 is 1. The lowest BCUT2D eigenvalue weighted by atomic mass is 10.1. The number of hydrogen-bond acceptors (Lipinski definition) is 7. The second-order valence-electron chi connectivity index (χ2n) is 5.15. The number of carbonyl (C=O) groups is 2. The van der Waals surface area contributed by atoms with Crippen molar-refractivity contribution < 1.29 is 27.3 Å². The molecule has 11 heteroatoms. The molecule has 2 amide bonds. The molecule has 26 heavy (non-hydrogen) atoms. The first-order valence-corrected chi connectivity index (χ1v) is 9.20. The molecule has 9 nitrogen and oxygen atoms in total. The van der Waals surface area contributed by atoms with Crippen molar-refractivity contribution >= 4 is 33.6 Å². The van der Waals surface area contributed by atoms with Crippen LogP contribution in [0.5, 0.6) is 0 Å². The van der Waals surface area contributed by atoms with Crippen molar-refractivity contribution in [2.24, 2.45) is 0 Å². The molecule has 0 saturated heterocycles. The van der Waals surface area contributed by atoms with Gasteiger partial charge in [-0.25, -0.2) is 17.9 Å². The first-order chi connectivity index (χ1) is 12.2. The summed E-state index contributed by atoms with van der Waals surface area (Å²) in [5, 5.41) is 6.38. The molecule has 2 N–H and O–H groups in total. The van der Waals surface area contributed by atoms with Crippen molar-refractivity contribution in [3.05, 3.63) is 46.3 Å². The third-order valence-electron chi connectivity index (χ3n) is 3.34. The van der Waals surface area contributed by atoms with Crippen molar-refractivity contribution in [2.75, 3.05) is 13.7 Å². The number of carbonyl (C=O) groups excluding carboxylic acids is 2. The van der Waals surface area contributed by atoms with Gasteiger partial charge in [-0.2, -0.15) is 0 Å². The predicted molar refractivity (Wildman–Crippen MR) is 91.5 cm³/mol. The summed E-state index contributed by atoms with van der Waals surface area (Å²) in [6, 6.07) is 5.84. The van der Waals surface area contributed by atoms with Crippen molar-refractivity contribution in [3.8, 4) is 0 Å². The van der Waals surface area contributed by atoms with Gasteiger partial charge in [-0.3, -0.25) is 4.79 Å². The lowest BCUT2D eigenvalue weighted by Crippen LogP contribution is -2.30. The fourth-order valence-corrected chi connectivity index (χ4v) is 3.02. The van der Waals surface area contributed by atoms with E-state index in [0.717, 1.165) is 12.7 Å². The first kappa shape index (κ1) is 19.7. The maximum atomic E-state index is 11.9. The van der Waals surface area contributed by atoms with Gasteiger partial charge in [0.25, 0.3) is 15.9 Å². The minimum Gasteiger partial charge on any atom is -0.452 e. The summed E-state index contributed by atoms with van der Waals surface area (Å²) in [5.74, 6) is -0.109. The standard InChI is InChI=1S/C15H16ClN3O6S/c1-9-12(16)13(18-25-9)14(20)17-8-7-10-3-5-11(6-4-10)26(22,23)19-15(21)24-2/h3-6H,7-8H2,1-2H3,(H,17,20)(H,19,21). The van der Waals surface area contributed by atoms with Crippen LogP contribution in [0.2, 0.25) is 5.02 Å². The minimum atomic E-state index is -3.99. The Morgan fingerprint density at radius 3 is 2.46 bits per heavy atom. The Bertz CT molecular complexity index is 908. The summed E-state index contributed by atoms with van der Waals surface area (Å²) >= 11 is 5.89. The molecule has 2 aromatic rings. The van der Waals surface area contributed by atoms with Crippen LogP contribution in [0.3, 0.4) is 0 Å². The molecule has 0 aliphatic heterocycles. The Balaban J connectivity index is 1.92. The Labute approximate surface area is 154 Å². The largest absolute Gasteiger partial charge is 0.452 e. The van der Waals surface area contributed by atoms with Gasteiger partial charge < -0.3 is 14.6 Å². The fourth-order valence-electron chi connectivity index (χ4n) is 1.95. The number of rotatable bonds is 6. The zero-order valence-electron chi connectivity index (χ0n) is 13.9. The molecule has 0 saturated carbocycles. The third kappa shape index (κ3) is 4.73. The number of benzene rings is 1. The van der Waals surface area contributed by atoms with Crippen LogP contribution in [-0.2, 0) is 21.2 Å². The quantitative estimate of drug-likeness (QED) is 0.753. The molecule has 1 aromatic heterocycles. The molecule has 140 valence electrons. The number of sulfonamides is 1. The average Bonchev–Trinajstić information content (AvgIpc) is 2.94. The lowest BCUT2D eigenvalue weighted by molar-refractivity contribution is 0.0945. The zero-order valence-corrected chi connectivity index (χ0v) is 15.5. The molecule has 1 aromatic carbocycles. The Morgan fingerprint density at radius 2 is 1.92 bits per heavy atom. The number of nitrogens with one attached hydrogen (secondary N) is 2. The molecule has 0 fully saturated rings. The number of ether oxygens (including phenoxy) is 1. The monoisotopic (exact) mass is 401 g/mol. The van der Waals surface area contributed by atoms with E-state index in [-0.39, 0.29) is 22.2 Å². The Hall–Kier alpha value is -2.59. The first-order valence-electron chi connectivity index (χ1n) is 7.34. The summed E-state index contributed by atoms with van der Waals surface area (Å²) in [5.41, 5.74) is 0.796. The maximum absolute atomic E-state index is 11.9. The van der Waals surface area contributed by atoms with Gasteiger partial charge in [0.1, 0.15) is 5.02 Å². The molecule has 0 aliphatic carbocycles. The number of halogens is 1. The molecular weight excluding hydrogens is 386 g/mol. The van der Waals surface area contributed by atoms with Gasteiger partial charge in [-0.05, 0) is 31.0 Å². The summed E-state index contributed by atoms with van der Waals surface area (Å²) in [4.78, 5) is 22.9. The SMILES string of the molecule is COC(=O)NS(=O)(=O)c1ccc(CCNC(=O)c2noc(C)c2Cl)cc1. The highest BCUT2D eigenvalue weighted by molar-refractivity contribution is 7.90. The second kappa shape index (κ2) is 8.19. The van der Waals surface area contributed by atoms with E-state index in [1.807, 2.05) is 0 Å². The van der Waals surface area contributed by atoms with Crippen molar-refractivity contribution in [3.63, 3.8) is 0 Å². The normalized spacial score (nSPS) is 11.0. The molecule has 0 aliphatic rings. The van der Waals surface area contributed by atoms with Crippen LogP contribution in [-0.4, -0.2) is 39.2 Å². The number of hydrogen-bond donors (Lipinski definition) is 2. The maximum Gasteiger partial charge on any atom is 0.420 e. The molecule has 0 atom stereocenters. The number of aryl methyl sites for hydroxylation is 1. The Kier molecular flexibility index (Phi) is 6.22. The van der Waals surface area contributed by atoms with Gasteiger partial charge in [0.2, 0.25) is 0 Å². The third-order valence-corrected chi connectivity index (χ3v) is 5.12. The van der Waals surface area contributed by atoms with Crippen LogP contribution in [0.25, 0.3) is 0 Å². The van der Waals surface area contributed by atoms with Crippen molar-refractivity contribution in [2.45, 2.75) is 18.2 Å². The highest BCUT2D eigenvalue weighted by atomic mass is 35.5. The van der Waals surface area contributed by atoms with Gasteiger partial charge in [-0.15, -0.1) is 0 Å². The van der Waals surface area contributed by atoms with Crippen molar-refractivity contribution in [1.29, 1.82) is 0 Å². The number of nitrogens with zero attached hydrogens (tertiary/aromatic N) is 1. The predicted octanol–water partition coefficient (Wildman–Crippen LogP) is 1.65. The van der Waals surface area contributed by atoms with Crippen LogP contribution in [0, 0.1) is 6.92 Å². The molecule has 1 heterocycles. The van der Waals surface area contributed by atoms with Gasteiger partial charge in [0.15, 0.2) is 11.5 Å². The van der Waals surface area contributed by atoms with Gasteiger partial charge in [-0.1, -0.05) is 28.9 Å². The molecule has 0 spiro atoms. The fraction of sp³-hybridized carbons (Fsp3) is 0.267. The van der Waals surface area contributed by atoms with Crippen molar-refractivity contribution in [1.82, 2.24) is 15.2 Å². The van der Waals surface area contributed by atoms with Crippen LogP contribution < -0.4 is 10.0 Å². The van der Waals surface area contributed by atoms with E-state index in [9.17, 15) is 18.0 Å². The highest BCUT2D eigenvalue weighted by Crippen LogP contribution is 2.19. The molecule has 0 unspecified atom stereocenters. The van der Waals surface area contributed by atoms with Crippen LogP contribution in [0.15, 0.2) is 33.7 Å². The van der Waals surface area contributed by atoms with Gasteiger partial charge in [0, 0.05) is 6.54 Å². The number of amides is 2. The van der Waals surface area contributed by atoms with E-state index in [1.54, 1.807) is 23.8 Å². The number of aromatic nitrogens is 1. The molecular formula is C15H16ClN3O6S. The van der Waals surface area contributed by atoms with E-state index >= 15 is 0 Å². The minimum absolute atomic E-state index is 0.0134. The van der Waals surface area contributed by atoms with Gasteiger partial charge in [0.05, 0.1) is 12.0 Å². The van der Waals surface area contributed by atoms with Gasteiger partial charge >= 0.3 is 6.09 Å². The summed E-state index contributed by atoms with van der Waals surface area (Å²) in [6.45, 7) is 1.88. The summed E-state index contributed by atoms with van der Waals surface area (Å²) < 4.78 is 34.7. The molecule has 2 rings (SSSR count). The van der Waals surface area contributed by atoms with E-state index in [2.05, 4.69) is 15.2 Å². The van der Waals surface area contributed by atoms with E-state index < -0.39 is 22.0 Å². The topological polar surface area (TPSA) is 128 Å². The summed E-state index contributed by atoms with van der Waals surface area (Å²) in [7, 11) is -2.92. The summed E-state index contributed by atoms with van der Waals surface area (Å²) in [6.07, 6.45) is -0.621.